The summed E-state index contributed by atoms with van der Waals surface area (Å²) in [7, 11) is -3.61. The monoisotopic (exact) mass is 487 g/mol. The number of piperazine rings is 1. The lowest BCUT2D eigenvalue weighted by molar-refractivity contribution is -0.895. The van der Waals surface area contributed by atoms with Gasteiger partial charge in [0.1, 0.15) is 0 Å². The highest BCUT2D eigenvalue weighted by molar-refractivity contribution is 7.89. The van der Waals surface area contributed by atoms with E-state index in [1.54, 1.807) is 36.4 Å². The smallest absolute Gasteiger partial charge is 0.293 e. The van der Waals surface area contributed by atoms with E-state index in [-0.39, 0.29) is 17.3 Å². The first-order valence-electron chi connectivity index (χ1n) is 10.5. The molecule has 1 heterocycles. The van der Waals surface area contributed by atoms with Crippen molar-refractivity contribution in [3.63, 3.8) is 0 Å². The summed E-state index contributed by atoms with van der Waals surface area (Å²) in [5.74, 6) is -0.792. The average molecular weight is 488 g/mol. The molecule has 2 amide bonds. The fraction of sp³-hybridized carbons (Fsp3) is 0.217. The summed E-state index contributed by atoms with van der Waals surface area (Å²) in [6, 6.07) is 19.1. The number of halogens is 1. The number of hydrogen-bond donors (Lipinski definition) is 3. The van der Waals surface area contributed by atoms with Gasteiger partial charge in [-0.15, -0.1) is 0 Å². The molecule has 0 radical (unpaired) electrons. The Morgan fingerprint density at radius 1 is 0.909 bits per heavy atom. The highest BCUT2D eigenvalue weighted by Crippen LogP contribution is 2.21. The van der Waals surface area contributed by atoms with Crippen molar-refractivity contribution in [2.45, 2.75) is 4.90 Å². The van der Waals surface area contributed by atoms with Crippen molar-refractivity contribution in [2.75, 3.05) is 32.7 Å². The number of carbonyl (C=O) groups is 2. The van der Waals surface area contributed by atoms with Gasteiger partial charge in [0.05, 0.1) is 31.1 Å². The Bertz CT molecular complexity index is 1270. The van der Waals surface area contributed by atoms with Gasteiger partial charge in [0, 0.05) is 10.6 Å². The zero-order valence-corrected chi connectivity index (χ0v) is 19.3. The number of carbonyl (C=O) groups excluding carboxylic acids is 2. The van der Waals surface area contributed by atoms with Crippen LogP contribution < -0.4 is 15.8 Å². The number of hydrazine groups is 1. The van der Waals surface area contributed by atoms with E-state index >= 15 is 0 Å². The predicted octanol–water partition coefficient (Wildman–Crippen LogP) is 0.844. The molecule has 0 spiro atoms. The van der Waals surface area contributed by atoms with Crippen LogP contribution in [0.3, 0.4) is 0 Å². The van der Waals surface area contributed by atoms with Crippen LogP contribution in [0.25, 0.3) is 10.8 Å². The van der Waals surface area contributed by atoms with E-state index in [0.717, 1.165) is 15.7 Å². The average Bonchev–Trinajstić information content (AvgIpc) is 2.83. The second-order valence-corrected chi connectivity index (χ2v) is 10.2. The van der Waals surface area contributed by atoms with Gasteiger partial charge in [-0.2, -0.15) is 4.31 Å². The van der Waals surface area contributed by atoms with E-state index in [9.17, 15) is 18.0 Å². The summed E-state index contributed by atoms with van der Waals surface area (Å²) < 4.78 is 27.6. The number of hydrogen-bond acceptors (Lipinski definition) is 4. The van der Waals surface area contributed by atoms with Crippen LogP contribution >= 0.6 is 11.6 Å². The first-order valence-corrected chi connectivity index (χ1v) is 12.3. The fourth-order valence-electron chi connectivity index (χ4n) is 3.77. The summed E-state index contributed by atoms with van der Waals surface area (Å²) in [5, 5.41) is 2.38. The number of rotatable bonds is 5. The molecule has 0 saturated carbocycles. The van der Waals surface area contributed by atoms with Gasteiger partial charge in [-0.05, 0) is 47.2 Å². The molecule has 10 heteroatoms. The van der Waals surface area contributed by atoms with Gasteiger partial charge in [-0.25, -0.2) is 8.42 Å². The number of sulfonamides is 1. The topological polar surface area (TPSA) is 100 Å². The summed E-state index contributed by atoms with van der Waals surface area (Å²) in [6.45, 7) is 1.74. The van der Waals surface area contributed by atoms with E-state index in [1.807, 2.05) is 30.3 Å². The third-order valence-corrected chi connectivity index (χ3v) is 7.77. The zero-order valence-electron chi connectivity index (χ0n) is 17.8. The van der Waals surface area contributed by atoms with Crippen molar-refractivity contribution < 1.29 is 22.9 Å². The fourth-order valence-corrected chi connectivity index (χ4v) is 5.37. The van der Waals surface area contributed by atoms with Crippen molar-refractivity contribution in [3.8, 4) is 0 Å². The number of fused-ring (bicyclic) bond motifs is 1. The van der Waals surface area contributed by atoms with E-state index in [2.05, 4.69) is 10.9 Å². The molecule has 3 aromatic carbocycles. The molecule has 0 atom stereocenters. The van der Waals surface area contributed by atoms with Crippen LogP contribution in [0.2, 0.25) is 5.02 Å². The van der Waals surface area contributed by atoms with Crippen molar-refractivity contribution in [1.29, 1.82) is 0 Å². The van der Waals surface area contributed by atoms with Crippen molar-refractivity contribution in [1.82, 2.24) is 15.2 Å². The van der Waals surface area contributed by atoms with Gasteiger partial charge < -0.3 is 4.90 Å². The molecule has 33 heavy (non-hydrogen) atoms. The molecule has 4 rings (SSSR count). The molecule has 172 valence electrons. The van der Waals surface area contributed by atoms with Crippen LogP contribution in [0.15, 0.2) is 71.6 Å². The van der Waals surface area contributed by atoms with Gasteiger partial charge >= 0.3 is 0 Å². The summed E-state index contributed by atoms with van der Waals surface area (Å²) in [5.41, 5.74) is 5.15. The maximum absolute atomic E-state index is 13.1. The molecule has 1 aliphatic rings. The number of amides is 2. The summed E-state index contributed by atoms with van der Waals surface area (Å²) >= 11 is 5.80. The first-order chi connectivity index (χ1) is 15.8. The Morgan fingerprint density at radius 3 is 2.27 bits per heavy atom. The van der Waals surface area contributed by atoms with Crippen LogP contribution in [-0.4, -0.2) is 57.3 Å². The zero-order chi connectivity index (χ0) is 23.4. The Labute approximate surface area is 197 Å². The third kappa shape index (κ3) is 5.51. The molecule has 3 N–H and O–H groups in total. The second kappa shape index (κ2) is 9.88. The molecule has 3 aromatic rings. The number of benzene rings is 3. The Kier molecular flexibility index (Phi) is 6.94. The predicted molar refractivity (Wildman–Crippen MR) is 125 cm³/mol. The Morgan fingerprint density at radius 2 is 1.58 bits per heavy atom. The van der Waals surface area contributed by atoms with Crippen molar-refractivity contribution in [3.05, 3.63) is 77.3 Å². The molecule has 0 aliphatic carbocycles. The quantitative estimate of drug-likeness (QED) is 0.464. The van der Waals surface area contributed by atoms with Gasteiger partial charge in [-0.3, -0.25) is 20.4 Å². The van der Waals surface area contributed by atoms with Crippen LogP contribution in [0.5, 0.6) is 0 Å². The maximum atomic E-state index is 13.1. The van der Waals surface area contributed by atoms with E-state index < -0.39 is 15.9 Å². The number of quaternary nitrogens is 1. The molecule has 0 bridgehead atoms. The minimum atomic E-state index is -3.61. The van der Waals surface area contributed by atoms with E-state index in [1.165, 1.54) is 4.31 Å². The van der Waals surface area contributed by atoms with E-state index in [0.29, 0.717) is 36.8 Å². The molecule has 1 saturated heterocycles. The molecule has 1 fully saturated rings. The minimum Gasteiger partial charge on any atom is -0.325 e. The lowest BCUT2D eigenvalue weighted by atomic mass is 10.1. The lowest BCUT2D eigenvalue weighted by Gasteiger charge is -2.31. The van der Waals surface area contributed by atoms with Gasteiger partial charge in [0.2, 0.25) is 10.0 Å². The maximum Gasteiger partial charge on any atom is 0.293 e. The van der Waals surface area contributed by atoms with Gasteiger partial charge in [0.25, 0.3) is 11.8 Å². The minimum absolute atomic E-state index is 0.130. The molecular formula is C23H24ClN4O4S+. The van der Waals surface area contributed by atoms with Crippen LogP contribution in [-0.2, 0) is 14.8 Å². The van der Waals surface area contributed by atoms with Crippen molar-refractivity contribution in [2.24, 2.45) is 0 Å². The van der Waals surface area contributed by atoms with Crippen molar-refractivity contribution >= 4 is 44.2 Å². The third-order valence-electron chi connectivity index (χ3n) is 5.62. The lowest BCUT2D eigenvalue weighted by Crippen LogP contribution is -3.16. The highest BCUT2D eigenvalue weighted by atomic mass is 35.5. The highest BCUT2D eigenvalue weighted by Gasteiger charge is 2.31. The Balaban J connectivity index is 1.28. The second-order valence-electron chi connectivity index (χ2n) is 7.85. The normalized spacial score (nSPS) is 15.3. The summed E-state index contributed by atoms with van der Waals surface area (Å²) in [6.07, 6.45) is 0. The Hall–Kier alpha value is -2.98. The number of nitrogens with one attached hydrogen (secondary N) is 3. The molecule has 1 aliphatic heterocycles. The standard InChI is InChI=1S/C23H23ClN4O4S/c24-20-8-5-18(6-9-20)23(30)26-25-22(29)16-27-11-13-28(14-12-27)33(31,32)21-10-7-17-3-1-2-4-19(17)15-21/h1-10,15H,11-14,16H2,(H,25,29)(H,26,30)/p+1. The molecule has 8 nitrogen and oxygen atoms in total. The van der Waals surface area contributed by atoms with E-state index in [4.69, 9.17) is 11.6 Å². The molecular weight excluding hydrogens is 464 g/mol. The molecule has 0 aromatic heterocycles. The van der Waals surface area contributed by atoms with Crippen LogP contribution in [0.1, 0.15) is 10.4 Å². The summed E-state index contributed by atoms with van der Waals surface area (Å²) in [4.78, 5) is 25.5. The van der Waals surface area contributed by atoms with Gasteiger partial charge in [0.15, 0.2) is 6.54 Å². The largest absolute Gasteiger partial charge is 0.325 e. The first kappa shape index (κ1) is 23.2. The van der Waals surface area contributed by atoms with Gasteiger partial charge in [-0.1, -0.05) is 41.9 Å². The SMILES string of the molecule is O=C(C[NH+]1CCN(S(=O)(=O)c2ccc3ccccc3c2)CC1)NNC(=O)c1ccc(Cl)cc1. The van der Waals surface area contributed by atoms with Crippen LogP contribution in [0, 0.1) is 0 Å². The van der Waals surface area contributed by atoms with Crippen LogP contribution in [0.4, 0.5) is 0 Å². The molecule has 0 unspecified atom stereocenters. The number of nitrogens with zero attached hydrogens (tertiary/aromatic N) is 1.